The van der Waals surface area contributed by atoms with Crippen LogP contribution >= 0.6 is 0 Å². The molecule has 0 bridgehead atoms. The highest BCUT2D eigenvalue weighted by atomic mass is 19.2. The summed E-state index contributed by atoms with van der Waals surface area (Å²) in [7, 11) is 0. The summed E-state index contributed by atoms with van der Waals surface area (Å²) < 4.78 is 32.4. The Kier molecular flexibility index (Phi) is 3.71. The molecule has 3 rings (SSSR count). The number of benzene rings is 2. The van der Waals surface area contributed by atoms with Gasteiger partial charge in [-0.05, 0) is 36.4 Å². The van der Waals surface area contributed by atoms with Crippen LogP contribution in [0.3, 0.4) is 0 Å². The van der Waals surface area contributed by atoms with Crippen LogP contribution in [-0.2, 0) is 0 Å². The quantitative estimate of drug-likeness (QED) is 0.769. The molecule has 0 saturated carbocycles. The van der Waals surface area contributed by atoms with Crippen LogP contribution < -0.4 is 5.32 Å². The predicted octanol–water partition coefficient (Wildman–Crippen LogP) is 4.41. The molecule has 1 aromatic heterocycles. The molecule has 0 amide bonds. The number of fused-ring (bicyclic) bond motifs is 1. The number of nitrogens with one attached hydrogen (secondary N) is 1. The highest BCUT2D eigenvalue weighted by Gasteiger charge is 2.19. The molecule has 108 valence electrons. The van der Waals surface area contributed by atoms with Crippen molar-refractivity contribution in [2.75, 3.05) is 6.54 Å². The average molecular weight is 287 g/mol. The number of hydrogen-bond donors (Lipinski definition) is 1. The Hall–Kier alpha value is -2.20. The van der Waals surface area contributed by atoms with E-state index < -0.39 is 11.6 Å². The lowest BCUT2D eigenvalue weighted by molar-refractivity contribution is 0.469. The first-order valence-electron chi connectivity index (χ1n) is 6.86. The molecule has 4 heteroatoms. The standard InChI is InChI=1S/C17H15F2NO/c1-2-20-17(12-7-8-13(18)14(19)9-12)16-10-11-5-3-4-6-15(11)21-16/h3-10,17,20H,2H2,1H3. The number of halogens is 2. The maximum atomic E-state index is 13.5. The van der Waals surface area contributed by atoms with Gasteiger partial charge >= 0.3 is 0 Å². The van der Waals surface area contributed by atoms with Gasteiger partial charge in [-0.2, -0.15) is 0 Å². The zero-order valence-electron chi connectivity index (χ0n) is 11.6. The van der Waals surface area contributed by atoms with Crippen molar-refractivity contribution in [3.05, 3.63) is 71.5 Å². The minimum atomic E-state index is -0.855. The summed E-state index contributed by atoms with van der Waals surface area (Å²) in [5, 5.41) is 4.22. The summed E-state index contributed by atoms with van der Waals surface area (Å²) in [6.45, 7) is 2.64. The topological polar surface area (TPSA) is 25.2 Å². The van der Waals surface area contributed by atoms with Crippen LogP contribution in [-0.4, -0.2) is 6.54 Å². The highest BCUT2D eigenvalue weighted by Crippen LogP contribution is 2.28. The first-order valence-corrected chi connectivity index (χ1v) is 6.86. The predicted molar refractivity (Wildman–Crippen MR) is 78.1 cm³/mol. The third-order valence-corrected chi connectivity index (χ3v) is 3.41. The minimum absolute atomic E-state index is 0.308. The van der Waals surface area contributed by atoms with Crippen molar-refractivity contribution in [3.8, 4) is 0 Å². The molecule has 0 saturated heterocycles. The Morgan fingerprint density at radius 3 is 2.57 bits per heavy atom. The molecule has 1 atom stereocenters. The van der Waals surface area contributed by atoms with Gasteiger partial charge in [0.2, 0.25) is 0 Å². The lowest BCUT2D eigenvalue weighted by atomic mass is 10.0. The van der Waals surface area contributed by atoms with Gasteiger partial charge in [-0.1, -0.05) is 31.2 Å². The van der Waals surface area contributed by atoms with Crippen LogP contribution in [0.4, 0.5) is 8.78 Å². The second-order valence-corrected chi connectivity index (χ2v) is 4.85. The van der Waals surface area contributed by atoms with Gasteiger partial charge in [-0.3, -0.25) is 0 Å². The molecule has 0 aliphatic heterocycles. The van der Waals surface area contributed by atoms with E-state index in [2.05, 4.69) is 5.32 Å². The van der Waals surface area contributed by atoms with Gasteiger partial charge in [0, 0.05) is 5.39 Å². The third kappa shape index (κ3) is 2.67. The molecule has 1 heterocycles. The smallest absolute Gasteiger partial charge is 0.159 e. The molecule has 21 heavy (non-hydrogen) atoms. The minimum Gasteiger partial charge on any atom is -0.459 e. The molecule has 1 N–H and O–H groups in total. The van der Waals surface area contributed by atoms with Gasteiger partial charge in [-0.15, -0.1) is 0 Å². The molecule has 1 unspecified atom stereocenters. The first kappa shape index (κ1) is 13.8. The summed E-state index contributed by atoms with van der Waals surface area (Å²) in [6.07, 6.45) is 0. The van der Waals surface area contributed by atoms with Gasteiger partial charge in [0.15, 0.2) is 11.6 Å². The second kappa shape index (κ2) is 5.66. The monoisotopic (exact) mass is 287 g/mol. The summed E-state index contributed by atoms with van der Waals surface area (Å²) >= 11 is 0. The van der Waals surface area contributed by atoms with E-state index in [1.165, 1.54) is 6.07 Å². The molecule has 0 spiro atoms. The summed E-state index contributed by atoms with van der Waals surface area (Å²) in [6, 6.07) is 13.2. The zero-order chi connectivity index (χ0) is 14.8. The van der Waals surface area contributed by atoms with Crippen LogP contribution in [0.1, 0.15) is 24.3 Å². The lowest BCUT2D eigenvalue weighted by Crippen LogP contribution is -2.21. The highest BCUT2D eigenvalue weighted by molar-refractivity contribution is 5.77. The molecule has 0 aliphatic carbocycles. The molecular formula is C17H15F2NO. The van der Waals surface area contributed by atoms with Gasteiger partial charge in [0.25, 0.3) is 0 Å². The van der Waals surface area contributed by atoms with Crippen LogP contribution in [0.5, 0.6) is 0 Å². The van der Waals surface area contributed by atoms with E-state index in [0.29, 0.717) is 17.9 Å². The SMILES string of the molecule is CCNC(c1ccc(F)c(F)c1)c1cc2ccccc2o1. The van der Waals surface area contributed by atoms with Crippen molar-refractivity contribution < 1.29 is 13.2 Å². The zero-order valence-corrected chi connectivity index (χ0v) is 11.6. The van der Waals surface area contributed by atoms with Gasteiger partial charge in [0.1, 0.15) is 11.3 Å². The van der Waals surface area contributed by atoms with Crippen molar-refractivity contribution in [3.63, 3.8) is 0 Å². The number of hydrogen-bond acceptors (Lipinski definition) is 2. The number of rotatable bonds is 4. The summed E-state index contributed by atoms with van der Waals surface area (Å²) in [5.41, 5.74) is 1.41. The van der Waals surface area contributed by atoms with Crippen LogP contribution in [0, 0.1) is 11.6 Å². The Balaban J connectivity index is 2.05. The maximum Gasteiger partial charge on any atom is 0.159 e. The van der Waals surface area contributed by atoms with Crippen molar-refractivity contribution in [1.82, 2.24) is 5.32 Å². The molecule has 0 aliphatic rings. The number of para-hydroxylation sites is 1. The Morgan fingerprint density at radius 1 is 1.05 bits per heavy atom. The van der Waals surface area contributed by atoms with Crippen LogP contribution in [0.15, 0.2) is 52.9 Å². The van der Waals surface area contributed by atoms with Gasteiger partial charge in [0.05, 0.1) is 6.04 Å². The lowest BCUT2D eigenvalue weighted by Gasteiger charge is -2.16. The van der Waals surface area contributed by atoms with E-state index in [1.807, 2.05) is 37.3 Å². The van der Waals surface area contributed by atoms with Crippen molar-refractivity contribution >= 4 is 11.0 Å². The van der Waals surface area contributed by atoms with E-state index in [-0.39, 0.29) is 6.04 Å². The number of furan rings is 1. The molecular weight excluding hydrogens is 272 g/mol. The molecule has 2 nitrogen and oxygen atoms in total. The van der Waals surface area contributed by atoms with Gasteiger partial charge in [-0.25, -0.2) is 8.78 Å². The molecule has 0 radical (unpaired) electrons. The van der Waals surface area contributed by atoms with Crippen molar-refractivity contribution in [2.24, 2.45) is 0 Å². The third-order valence-electron chi connectivity index (χ3n) is 3.41. The first-order chi connectivity index (χ1) is 10.2. The fraction of sp³-hybridized carbons (Fsp3) is 0.176. The molecule has 0 fully saturated rings. The Labute approximate surface area is 121 Å². The van der Waals surface area contributed by atoms with Crippen LogP contribution in [0.2, 0.25) is 0 Å². The summed E-state index contributed by atoms with van der Waals surface area (Å²) in [4.78, 5) is 0. The normalized spacial score (nSPS) is 12.7. The summed E-state index contributed by atoms with van der Waals surface area (Å²) in [5.74, 6) is -1.02. The average Bonchev–Trinajstić information content (AvgIpc) is 2.91. The van der Waals surface area contributed by atoms with E-state index >= 15 is 0 Å². The largest absolute Gasteiger partial charge is 0.459 e. The van der Waals surface area contributed by atoms with Crippen molar-refractivity contribution in [2.45, 2.75) is 13.0 Å². The van der Waals surface area contributed by atoms with Crippen LogP contribution in [0.25, 0.3) is 11.0 Å². The van der Waals surface area contributed by atoms with Gasteiger partial charge < -0.3 is 9.73 Å². The second-order valence-electron chi connectivity index (χ2n) is 4.85. The molecule has 3 aromatic rings. The van der Waals surface area contributed by atoms with Crippen molar-refractivity contribution in [1.29, 1.82) is 0 Å². The Bertz CT molecular complexity index is 733. The van der Waals surface area contributed by atoms with E-state index in [9.17, 15) is 8.78 Å². The van der Waals surface area contributed by atoms with E-state index in [1.54, 1.807) is 6.07 Å². The fourth-order valence-corrected chi connectivity index (χ4v) is 2.42. The maximum absolute atomic E-state index is 13.5. The van der Waals surface area contributed by atoms with E-state index in [0.717, 1.165) is 17.0 Å². The van der Waals surface area contributed by atoms with E-state index in [4.69, 9.17) is 4.42 Å². The molecule has 2 aromatic carbocycles. The Morgan fingerprint density at radius 2 is 1.86 bits per heavy atom. The fourth-order valence-electron chi connectivity index (χ4n) is 2.42.